The number of thiocarbonyl (C=S) groups is 1. The summed E-state index contributed by atoms with van der Waals surface area (Å²) in [4.78, 5) is 4.89. The number of hydrogen-bond acceptors (Lipinski definition) is 2. The van der Waals surface area contributed by atoms with E-state index in [0.29, 0.717) is 0 Å². The van der Waals surface area contributed by atoms with Gasteiger partial charge in [-0.2, -0.15) is 0 Å². The molecule has 1 N–H and O–H groups in total. The van der Waals surface area contributed by atoms with Gasteiger partial charge in [0, 0.05) is 35.7 Å². The van der Waals surface area contributed by atoms with Crippen molar-refractivity contribution in [1.29, 1.82) is 0 Å². The van der Waals surface area contributed by atoms with Crippen molar-refractivity contribution in [2.75, 3.05) is 31.5 Å². The summed E-state index contributed by atoms with van der Waals surface area (Å²) in [5, 5.41) is 5.06. The number of aryl methyl sites for hydroxylation is 2. The maximum absolute atomic E-state index is 6.07. The van der Waals surface area contributed by atoms with Crippen LogP contribution in [0.1, 0.15) is 41.6 Å². The average Bonchev–Trinajstić information content (AvgIpc) is 3.46. The molecule has 34 heavy (non-hydrogen) atoms. The Morgan fingerprint density at radius 2 is 1.74 bits per heavy atom. The third-order valence-corrected chi connectivity index (χ3v) is 7.02. The minimum absolute atomic E-state index is 0.767. The molecule has 1 saturated heterocycles. The highest BCUT2D eigenvalue weighted by atomic mass is 35.5. The molecular weight excluding hydrogens is 460 g/mol. The fourth-order valence-electron chi connectivity index (χ4n) is 4.72. The molecule has 0 unspecified atom stereocenters. The molecule has 4 nitrogen and oxygen atoms in total. The van der Waals surface area contributed by atoms with Gasteiger partial charge in [0.1, 0.15) is 0 Å². The van der Waals surface area contributed by atoms with Crippen LogP contribution < -0.4 is 5.32 Å². The van der Waals surface area contributed by atoms with E-state index >= 15 is 0 Å². The number of halogens is 1. The fourth-order valence-corrected chi connectivity index (χ4v) is 5.12. The summed E-state index contributed by atoms with van der Waals surface area (Å²) in [6, 6.07) is 18.9. The lowest BCUT2D eigenvalue weighted by Gasteiger charge is -2.28. The first-order chi connectivity index (χ1) is 16.5. The van der Waals surface area contributed by atoms with Crippen LogP contribution in [-0.2, 0) is 13.1 Å². The zero-order valence-corrected chi connectivity index (χ0v) is 21.8. The highest BCUT2D eigenvalue weighted by Crippen LogP contribution is 2.18. The van der Waals surface area contributed by atoms with Gasteiger partial charge < -0.3 is 19.7 Å². The van der Waals surface area contributed by atoms with Crippen LogP contribution in [-0.4, -0.2) is 45.7 Å². The van der Waals surface area contributed by atoms with Crippen LogP contribution in [0, 0.1) is 13.8 Å². The Labute approximate surface area is 214 Å². The average molecular weight is 495 g/mol. The van der Waals surface area contributed by atoms with E-state index in [1.54, 1.807) is 0 Å². The summed E-state index contributed by atoms with van der Waals surface area (Å²) in [5.74, 6) is 0. The van der Waals surface area contributed by atoms with Gasteiger partial charge in [0.25, 0.3) is 0 Å². The summed E-state index contributed by atoms with van der Waals surface area (Å²) >= 11 is 12.0. The molecule has 0 radical (unpaired) electrons. The number of benzene rings is 2. The van der Waals surface area contributed by atoms with Crippen LogP contribution in [0.5, 0.6) is 0 Å². The SMILES string of the molecule is Cc1cc(C)cc(NC(=S)N(CCCN2CCCC2)Cc2cccn2Cc2ccc(Cl)cc2)c1. The number of nitrogens with zero attached hydrogens (tertiary/aromatic N) is 3. The molecule has 0 saturated carbocycles. The van der Waals surface area contributed by atoms with Crippen molar-refractivity contribution in [1.82, 2.24) is 14.4 Å². The van der Waals surface area contributed by atoms with Crippen molar-refractivity contribution in [3.8, 4) is 0 Å². The van der Waals surface area contributed by atoms with Gasteiger partial charge in [-0.15, -0.1) is 0 Å². The van der Waals surface area contributed by atoms with Crippen LogP contribution in [0.3, 0.4) is 0 Å². The molecule has 1 aliphatic heterocycles. The van der Waals surface area contributed by atoms with Gasteiger partial charge in [0.15, 0.2) is 5.11 Å². The highest BCUT2D eigenvalue weighted by molar-refractivity contribution is 7.80. The van der Waals surface area contributed by atoms with Crippen molar-refractivity contribution in [3.05, 3.63) is 88.2 Å². The van der Waals surface area contributed by atoms with E-state index in [1.165, 1.54) is 48.3 Å². The first kappa shape index (κ1) is 24.8. The Morgan fingerprint density at radius 1 is 1.03 bits per heavy atom. The standard InChI is InChI=1S/C28H35ClN4S/c1-22-17-23(2)19-26(18-22)30-28(34)33(16-6-14-31-12-3-4-13-31)21-27-7-5-15-32(27)20-24-8-10-25(29)11-9-24/h5,7-11,15,17-19H,3-4,6,12-14,16,20-21H2,1-2H3,(H,30,34). The molecule has 2 aromatic carbocycles. The number of aromatic nitrogens is 1. The van der Waals surface area contributed by atoms with Crippen LogP contribution in [0.4, 0.5) is 5.69 Å². The van der Waals surface area contributed by atoms with Crippen molar-refractivity contribution < 1.29 is 0 Å². The van der Waals surface area contributed by atoms with Crippen molar-refractivity contribution in [2.45, 2.75) is 46.2 Å². The van der Waals surface area contributed by atoms with Gasteiger partial charge in [-0.3, -0.25) is 0 Å². The second-order valence-corrected chi connectivity index (χ2v) is 10.2. The molecule has 1 aliphatic rings. The van der Waals surface area contributed by atoms with Crippen molar-refractivity contribution >= 4 is 34.6 Å². The van der Waals surface area contributed by atoms with Crippen LogP contribution >= 0.6 is 23.8 Å². The zero-order chi connectivity index (χ0) is 23.9. The molecular formula is C28H35ClN4S. The Balaban J connectivity index is 1.46. The van der Waals surface area contributed by atoms with E-state index in [2.05, 4.69) is 82.2 Å². The van der Waals surface area contributed by atoms with E-state index in [4.69, 9.17) is 23.8 Å². The van der Waals surface area contributed by atoms with Crippen LogP contribution in [0.2, 0.25) is 5.02 Å². The highest BCUT2D eigenvalue weighted by Gasteiger charge is 2.16. The quantitative estimate of drug-likeness (QED) is 0.343. The summed E-state index contributed by atoms with van der Waals surface area (Å²) in [7, 11) is 0. The number of hydrogen-bond donors (Lipinski definition) is 1. The van der Waals surface area contributed by atoms with Crippen molar-refractivity contribution in [2.24, 2.45) is 0 Å². The van der Waals surface area contributed by atoms with Gasteiger partial charge in [0.05, 0.1) is 6.54 Å². The van der Waals surface area contributed by atoms with Crippen molar-refractivity contribution in [3.63, 3.8) is 0 Å². The predicted octanol–water partition coefficient (Wildman–Crippen LogP) is 6.49. The van der Waals surface area contributed by atoms with Crippen LogP contribution in [0.25, 0.3) is 0 Å². The zero-order valence-electron chi connectivity index (χ0n) is 20.3. The molecule has 0 atom stereocenters. The Morgan fingerprint density at radius 3 is 2.44 bits per heavy atom. The molecule has 6 heteroatoms. The number of anilines is 1. The number of rotatable bonds is 9. The second-order valence-electron chi connectivity index (χ2n) is 9.38. The lowest BCUT2D eigenvalue weighted by Crippen LogP contribution is -2.37. The summed E-state index contributed by atoms with van der Waals surface area (Å²) in [6.45, 7) is 10.4. The monoisotopic (exact) mass is 494 g/mol. The van der Waals surface area contributed by atoms with Gasteiger partial charge in [-0.1, -0.05) is 29.8 Å². The lowest BCUT2D eigenvalue weighted by molar-refractivity contribution is 0.304. The predicted molar refractivity (Wildman–Crippen MR) is 148 cm³/mol. The topological polar surface area (TPSA) is 23.4 Å². The molecule has 1 fully saturated rings. The molecule has 0 spiro atoms. The van der Waals surface area contributed by atoms with Gasteiger partial charge >= 0.3 is 0 Å². The molecule has 0 aliphatic carbocycles. The molecule has 3 aromatic rings. The summed E-state index contributed by atoms with van der Waals surface area (Å²) in [5.41, 5.74) is 6.02. The minimum atomic E-state index is 0.767. The molecule has 0 bridgehead atoms. The molecule has 1 aromatic heterocycles. The fraction of sp³-hybridized carbons (Fsp3) is 0.393. The van der Waals surface area contributed by atoms with E-state index in [9.17, 15) is 0 Å². The van der Waals surface area contributed by atoms with E-state index in [1.807, 2.05) is 12.1 Å². The normalized spacial score (nSPS) is 13.9. The van der Waals surface area contributed by atoms with E-state index < -0.39 is 0 Å². The van der Waals surface area contributed by atoms with Gasteiger partial charge in [-0.25, -0.2) is 0 Å². The third-order valence-electron chi connectivity index (χ3n) is 6.40. The number of likely N-dealkylation sites (tertiary alicyclic amines) is 1. The van der Waals surface area contributed by atoms with Gasteiger partial charge in [-0.05, 0) is 118 Å². The Hall–Kier alpha value is -2.34. The molecule has 4 rings (SSSR count). The van der Waals surface area contributed by atoms with Gasteiger partial charge in [0.2, 0.25) is 0 Å². The maximum Gasteiger partial charge on any atom is 0.173 e. The Bertz CT molecular complexity index is 1070. The second kappa shape index (κ2) is 11.9. The summed E-state index contributed by atoms with van der Waals surface area (Å²) < 4.78 is 2.30. The third kappa shape index (κ3) is 7.08. The lowest BCUT2D eigenvalue weighted by atomic mass is 10.1. The molecule has 2 heterocycles. The van der Waals surface area contributed by atoms with E-state index in [-0.39, 0.29) is 0 Å². The molecule has 0 amide bonds. The first-order valence-corrected chi connectivity index (χ1v) is 13.0. The smallest absolute Gasteiger partial charge is 0.173 e. The van der Waals surface area contributed by atoms with E-state index in [0.717, 1.165) is 48.4 Å². The maximum atomic E-state index is 6.07. The summed E-state index contributed by atoms with van der Waals surface area (Å²) in [6.07, 6.45) is 5.91. The largest absolute Gasteiger partial charge is 0.345 e. The Kier molecular flexibility index (Phi) is 8.65. The first-order valence-electron chi connectivity index (χ1n) is 12.2. The van der Waals surface area contributed by atoms with Crippen LogP contribution in [0.15, 0.2) is 60.8 Å². The molecule has 180 valence electrons. The number of nitrogens with one attached hydrogen (secondary N) is 1. The minimum Gasteiger partial charge on any atom is -0.345 e.